The number of imidazole rings is 1. The number of hydrogen-bond acceptors (Lipinski definition) is 1. The zero-order chi connectivity index (χ0) is 9.26. The van der Waals surface area contributed by atoms with Gasteiger partial charge in [0, 0.05) is 18.0 Å². The standard InChI is InChI=1S/C11H18N2/c1-3-5-10-12-9-7-4-6-8(2)11(9)13-10/h8H,3-7H2,1-2H3,(H,12,13). The summed E-state index contributed by atoms with van der Waals surface area (Å²) in [7, 11) is 0. The lowest BCUT2D eigenvalue weighted by molar-refractivity contribution is 0.574. The summed E-state index contributed by atoms with van der Waals surface area (Å²) in [6, 6.07) is 0. The molecule has 1 aromatic heterocycles. The van der Waals surface area contributed by atoms with Crippen molar-refractivity contribution in [3.63, 3.8) is 0 Å². The Morgan fingerprint density at radius 3 is 3.08 bits per heavy atom. The van der Waals surface area contributed by atoms with Crippen molar-refractivity contribution in [3.05, 3.63) is 17.2 Å². The Kier molecular flexibility index (Phi) is 2.38. The van der Waals surface area contributed by atoms with E-state index in [1.54, 1.807) is 0 Å². The van der Waals surface area contributed by atoms with E-state index >= 15 is 0 Å². The lowest BCUT2D eigenvalue weighted by Gasteiger charge is -2.15. The number of hydrogen-bond donors (Lipinski definition) is 1. The van der Waals surface area contributed by atoms with Crippen molar-refractivity contribution in [2.75, 3.05) is 0 Å². The average molecular weight is 178 g/mol. The third-order valence-corrected chi connectivity index (χ3v) is 2.88. The van der Waals surface area contributed by atoms with E-state index in [4.69, 9.17) is 0 Å². The van der Waals surface area contributed by atoms with Crippen molar-refractivity contribution < 1.29 is 0 Å². The predicted octanol–water partition coefficient (Wildman–Crippen LogP) is 2.80. The SMILES string of the molecule is CCCc1nc2c([nH]1)CCCC2C. The molecule has 0 fully saturated rings. The number of H-pyrrole nitrogens is 1. The fourth-order valence-electron chi connectivity index (χ4n) is 2.15. The van der Waals surface area contributed by atoms with Crippen LogP contribution in [0.1, 0.15) is 56.2 Å². The largest absolute Gasteiger partial charge is 0.346 e. The number of fused-ring (bicyclic) bond motifs is 1. The quantitative estimate of drug-likeness (QED) is 0.741. The molecule has 0 bridgehead atoms. The molecule has 1 aromatic rings. The van der Waals surface area contributed by atoms with E-state index in [2.05, 4.69) is 23.8 Å². The Bertz CT molecular complexity index is 288. The lowest BCUT2D eigenvalue weighted by Crippen LogP contribution is -2.05. The van der Waals surface area contributed by atoms with Crippen LogP contribution in [0.25, 0.3) is 0 Å². The number of aryl methyl sites for hydroxylation is 2. The van der Waals surface area contributed by atoms with Crippen LogP contribution < -0.4 is 0 Å². The van der Waals surface area contributed by atoms with E-state index in [0.717, 1.165) is 6.42 Å². The van der Waals surface area contributed by atoms with E-state index in [-0.39, 0.29) is 0 Å². The first-order valence-electron chi connectivity index (χ1n) is 5.39. The van der Waals surface area contributed by atoms with Crippen LogP contribution in [-0.2, 0) is 12.8 Å². The highest BCUT2D eigenvalue weighted by atomic mass is 14.9. The first-order chi connectivity index (χ1) is 6.31. The highest BCUT2D eigenvalue weighted by Crippen LogP contribution is 2.29. The van der Waals surface area contributed by atoms with Crippen molar-refractivity contribution in [2.45, 2.75) is 51.9 Å². The normalized spacial score (nSPS) is 21.5. The fraction of sp³-hybridized carbons (Fsp3) is 0.727. The zero-order valence-electron chi connectivity index (χ0n) is 8.56. The van der Waals surface area contributed by atoms with Crippen molar-refractivity contribution >= 4 is 0 Å². The van der Waals surface area contributed by atoms with Gasteiger partial charge in [-0.1, -0.05) is 13.8 Å². The Morgan fingerprint density at radius 2 is 2.38 bits per heavy atom. The van der Waals surface area contributed by atoms with Crippen LogP contribution in [0.4, 0.5) is 0 Å². The molecule has 2 heteroatoms. The van der Waals surface area contributed by atoms with Crippen LogP contribution in [0.2, 0.25) is 0 Å². The molecule has 0 aliphatic heterocycles. The summed E-state index contributed by atoms with van der Waals surface area (Å²) >= 11 is 0. The van der Waals surface area contributed by atoms with Crippen molar-refractivity contribution in [2.24, 2.45) is 0 Å². The van der Waals surface area contributed by atoms with Crippen LogP contribution in [0.3, 0.4) is 0 Å². The maximum Gasteiger partial charge on any atom is 0.106 e. The molecule has 1 heterocycles. The van der Waals surface area contributed by atoms with Gasteiger partial charge in [-0.3, -0.25) is 0 Å². The lowest BCUT2D eigenvalue weighted by atomic mass is 9.92. The van der Waals surface area contributed by atoms with Gasteiger partial charge in [-0.15, -0.1) is 0 Å². The van der Waals surface area contributed by atoms with Crippen LogP contribution in [0.15, 0.2) is 0 Å². The average Bonchev–Trinajstić information content (AvgIpc) is 2.49. The highest BCUT2D eigenvalue weighted by molar-refractivity contribution is 5.21. The van der Waals surface area contributed by atoms with Gasteiger partial charge in [-0.2, -0.15) is 0 Å². The molecular formula is C11H18N2. The number of nitrogens with zero attached hydrogens (tertiary/aromatic N) is 1. The molecule has 0 amide bonds. The monoisotopic (exact) mass is 178 g/mol. The molecule has 0 aromatic carbocycles. The van der Waals surface area contributed by atoms with Gasteiger partial charge in [0.2, 0.25) is 0 Å². The van der Waals surface area contributed by atoms with Crippen molar-refractivity contribution in [1.29, 1.82) is 0 Å². The summed E-state index contributed by atoms with van der Waals surface area (Å²) < 4.78 is 0. The van der Waals surface area contributed by atoms with Crippen molar-refractivity contribution in [3.8, 4) is 0 Å². The third kappa shape index (κ3) is 1.62. The van der Waals surface area contributed by atoms with Crippen molar-refractivity contribution in [1.82, 2.24) is 9.97 Å². The molecule has 1 aliphatic carbocycles. The molecule has 1 atom stereocenters. The number of rotatable bonds is 2. The Hall–Kier alpha value is -0.790. The van der Waals surface area contributed by atoms with Gasteiger partial charge in [0.15, 0.2) is 0 Å². The topological polar surface area (TPSA) is 28.7 Å². The molecular weight excluding hydrogens is 160 g/mol. The molecule has 0 saturated carbocycles. The molecule has 2 nitrogen and oxygen atoms in total. The van der Waals surface area contributed by atoms with E-state index in [0.29, 0.717) is 5.92 Å². The number of aromatic nitrogens is 2. The first kappa shape index (κ1) is 8.79. The molecule has 0 spiro atoms. The minimum Gasteiger partial charge on any atom is -0.346 e. The predicted molar refractivity (Wildman–Crippen MR) is 53.9 cm³/mol. The second-order valence-electron chi connectivity index (χ2n) is 4.09. The van der Waals surface area contributed by atoms with Gasteiger partial charge in [0.05, 0.1) is 5.69 Å². The zero-order valence-corrected chi connectivity index (χ0v) is 8.56. The minimum absolute atomic E-state index is 0.672. The molecule has 72 valence electrons. The maximum atomic E-state index is 4.67. The van der Waals surface area contributed by atoms with E-state index in [9.17, 15) is 0 Å². The second kappa shape index (κ2) is 3.52. The van der Waals surface area contributed by atoms with Gasteiger partial charge >= 0.3 is 0 Å². The summed E-state index contributed by atoms with van der Waals surface area (Å²) in [5, 5.41) is 0. The molecule has 0 saturated heterocycles. The Labute approximate surface area is 79.8 Å². The molecule has 0 radical (unpaired) electrons. The second-order valence-corrected chi connectivity index (χ2v) is 4.09. The third-order valence-electron chi connectivity index (χ3n) is 2.88. The van der Waals surface area contributed by atoms with Crippen LogP contribution in [-0.4, -0.2) is 9.97 Å². The summed E-state index contributed by atoms with van der Waals surface area (Å²) in [5.41, 5.74) is 2.75. The van der Waals surface area contributed by atoms with Gasteiger partial charge in [0.1, 0.15) is 5.82 Å². The summed E-state index contributed by atoms with van der Waals surface area (Å²) in [4.78, 5) is 8.12. The molecule has 1 N–H and O–H groups in total. The van der Waals surface area contributed by atoms with Crippen LogP contribution >= 0.6 is 0 Å². The number of nitrogens with one attached hydrogen (secondary N) is 1. The maximum absolute atomic E-state index is 4.67. The number of aromatic amines is 1. The molecule has 2 rings (SSSR count). The van der Waals surface area contributed by atoms with Gasteiger partial charge in [-0.25, -0.2) is 4.98 Å². The molecule has 1 unspecified atom stereocenters. The van der Waals surface area contributed by atoms with E-state index in [1.165, 1.54) is 42.9 Å². The van der Waals surface area contributed by atoms with Crippen LogP contribution in [0, 0.1) is 0 Å². The molecule has 13 heavy (non-hydrogen) atoms. The fourth-order valence-corrected chi connectivity index (χ4v) is 2.15. The summed E-state index contributed by atoms with van der Waals surface area (Å²) in [5.74, 6) is 1.87. The first-order valence-corrected chi connectivity index (χ1v) is 5.39. The van der Waals surface area contributed by atoms with E-state index in [1.807, 2.05) is 0 Å². The summed E-state index contributed by atoms with van der Waals surface area (Å²) in [6.07, 6.45) is 6.11. The van der Waals surface area contributed by atoms with Gasteiger partial charge in [-0.05, 0) is 25.7 Å². The highest BCUT2D eigenvalue weighted by Gasteiger charge is 2.20. The van der Waals surface area contributed by atoms with Crippen LogP contribution in [0.5, 0.6) is 0 Å². The molecule has 1 aliphatic rings. The van der Waals surface area contributed by atoms with Gasteiger partial charge in [0.25, 0.3) is 0 Å². The minimum atomic E-state index is 0.672. The van der Waals surface area contributed by atoms with E-state index < -0.39 is 0 Å². The van der Waals surface area contributed by atoms with Gasteiger partial charge < -0.3 is 4.98 Å². The smallest absolute Gasteiger partial charge is 0.106 e. The summed E-state index contributed by atoms with van der Waals surface area (Å²) in [6.45, 7) is 4.49. The Balaban J connectivity index is 2.25. The Morgan fingerprint density at radius 1 is 1.54 bits per heavy atom.